The van der Waals surface area contributed by atoms with E-state index in [0.717, 1.165) is 35.3 Å². The van der Waals surface area contributed by atoms with Crippen LogP contribution in [0.2, 0.25) is 0 Å². The molecule has 1 aliphatic carbocycles. The van der Waals surface area contributed by atoms with Gasteiger partial charge in [-0.15, -0.1) is 0 Å². The first-order chi connectivity index (χ1) is 13.1. The second-order valence-electron chi connectivity index (χ2n) is 7.20. The van der Waals surface area contributed by atoms with Crippen LogP contribution < -0.4 is 16.2 Å². The van der Waals surface area contributed by atoms with E-state index in [1.807, 2.05) is 26.2 Å². The molecule has 4 rings (SSSR count). The third-order valence-corrected chi connectivity index (χ3v) is 5.29. The summed E-state index contributed by atoms with van der Waals surface area (Å²) < 4.78 is 2.17. The fraction of sp³-hybridized carbons (Fsp3) is 0.474. The van der Waals surface area contributed by atoms with Crippen LogP contribution in [0.5, 0.6) is 0 Å². The molecule has 0 spiro atoms. The van der Waals surface area contributed by atoms with Crippen molar-refractivity contribution in [3.05, 3.63) is 39.6 Å². The number of hydrogen-bond donors (Lipinski definition) is 3. The summed E-state index contributed by atoms with van der Waals surface area (Å²) in [6.45, 7) is 4.21. The lowest BCUT2D eigenvalue weighted by Crippen LogP contribution is -2.19. The zero-order valence-electron chi connectivity index (χ0n) is 16.0. The largest absolute Gasteiger partial charge is 0.364 e. The van der Waals surface area contributed by atoms with Crippen molar-refractivity contribution in [1.82, 2.24) is 24.5 Å². The summed E-state index contributed by atoms with van der Waals surface area (Å²) in [6.07, 6.45) is 6.67. The van der Waals surface area contributed by atoms with Crippen molar-refractivity contribution in [1.29, 1.82) is 0 Å². The number of nitrogens with zero attached hydrogens (tertiary/aromatic N) is 4. The number of imidazole rings is 1. The molecule has 1 aliphatic rings. The molecule has 0 unspecified atom stereocenters. The van der Waals surface area contributed by atoms with Crippen LogP contribution in [0, 0.1) is 13.8 Å². The Bertz CT molecular complexity index is 1030. The molecule has 0 radical (unpaired) electrons. The zero-order valence-corrected chi connectivity index (χ0v) is 16.0. The predicted octanol–water partition coefficient (Wildman–Crippen LogP) is 2.90. The lowest BCUT2D eigenvalue weighted by atomic mass is 10.1. The normalized spacial score (nSPS) is 14.8. The van der Waals surface area contributed by atoms with Gasteiger partial charge in [0.05, 0.1) is 6.33 Å². The molecular formula is C19H25N7O. The minimum absolute atomic E-state index is 0.0735. The van der Waals surface area contributed by atoms with E-state index in [9.17, 15) is 4.79 Å². The Morgan fingerprint density at radius 2 is 2.04 bits per heavy atom. The van der Waals surface area contributed by atoms with Gasteiger partial charge in [-0.05, 0) is 38.3 Å². The summed E-state index contributed by atoms with van der Waals surface area (Å²) in [5.74, 6) is 1.18. The molecule has 8 heteroatoms. The number of nitrogens with one attached hydrogen (secondary N) is 3. The average molecular weight is 367 g/mol. The van der Waals surface area contributed by atoms with E-state index < -0.39 is 0 Å². The third kappa shape index (κ3) is 3.27. The van der Waals surface area contributed by atoms with Gasteiger partial charge in [-0.25, -0.2) is 4.98 Å². The van der Waals surface area contributed by atoms with Gasteiger partial charge < -0.3 is 20.2 Å². The first-order valence-electron chi connectivity index (χ1n) is 9.42. The minimum atomic E-state index is -0.0735. The summed E-state index contributed by atoms with van der Waals surface area (Å²) in [5.41, 5.74) is 4.02. The first kappa shape index (κ1) is 17.5. The summed E-state index contributed by atoms with van der Waals surface area (Å²) >= 11 is 0. The van der Waals surface area contributed by atoms with E-state index >= 15 is 0 Å². The van der Waals surface area contributed by atoms with Gasteiger partial charge in [0, 0.05) is 30.9 Å². The SMILES string of the molecule is CNc1nc(NCc2c(C)cc(C)[nH]c2=O)c2ncn(C3CCCC3)c2n1. The minimum Gasteiger partial charge on any atom is -0.364 e. The summed E-state index contributed by atoms with van der Waals surface area (Å²) in [6, 6.07) is 2.42. The van der Waals surface area contributed by atoms with Crippen LogP contribution in [0.4, 0.5) is 11.8 Å². The number of hydrogen-bond acceptors (Lipinski definition) is 6. The second-order valence-corrected chi connectivity index (χ2v) is 7.20. The Balaban J connectivity index is 1.70. The van der Waals surface area contributed by atoms with Crippen LogP contribution in [-0.2, 0) is 6.54 Å². The van der Waals surface area contributed by atoms with Crippen LogP contribution >= 0.6 is 0 Å². The molecule has 1 fully saturated rings. The lowest BCUT2D eigenvalue weighted by molar-refractivity contribution is 0.529. The van der Waals surface area contributed by atoms with Crippen LogP contribution in [0.25, 0.3) is 11.2 Å². The number of aromatic nitrogens is 5. The van der Waals surface area contributed by atoms with Crippen molar-refractivity contribution < 1.29 is 0 Å². The van der Waals surface area contributed by atoms with Crippen LogP contribution in [0.15, 0.2) is 17.2 Å². The van der Waals surface area contributed by atoms with Gasteiger partial charge in [0.1, 0.15) is 0 Å². The highest BCUT2D eigenvalue weighted by Crippen LogP contribution is 2.33. The van der Waals surface area contributed by atoms with Gasteiger partial charge in [0.2, 0.25) is 5.95 Å². The molecule has 3 heterocycles. The maximum Gasteiger partial charge on any atom is 0.253 e. The van der Waals surface area contributed by atoms with E-state index in [0.29, 0.717) is 29.9 Å². The first-order valence-corrected chi connectivity index (χ1v) is 9.42. The highest BCUT2D eigenvalue weighted by molar-refractivity contribution is 5.84. The number of rotatable bonds is 5. The van der Waals surface area contributed by atoms with E-state index in [1.165, 1.54) is 12.8 Å². The van der Waals surface area contributed by atoms with Crippen LogP contribution in [0.3, 0.4) is 0 Å². The molecule has 0 saturated heterocycles. The topological polar surface area (TPSA) is 101 Å². The number of pyridine rings is 1. The molecule has 142 valence electrons. The maximum absolute atomic E-state index is 12.3. The van der Waals surface area contributed by atoms with Crippen molar-refractivity contribution in [3.63, 3.8) is 0 Å². The van der Waals surface area contributed by atoms with E-state index in [1.54, 1.807) is 7.05 Å². The second kappa shape index (κ2) is 7.02. The predicted molar refractivity (Wildman–Crippen MR) is 106 cm³/mol. The molecule has 1 saturated carbocycles. The molecule has 3 aromatic rings. The van der Waals surface area contributed by atoms with Crippen molar-refractivity contribution in [2.24, 2.45) is 0 Å². The third-order valence-electron chi connectivity index (χ3n) is 5.29. The monoisotopic (exact) mass is 367 g/mol. The Kier molecular flexibility index (Phi) is 4.55. The van der Waals surface area contributed by atoms with E-state index in [4.69, 9.17) is 0 Å². The number of H-pyrrole nitrogens is 1. The Morgan fingerprint density at radius 3 is 2.74 bits per heavy atom. The van der Waals surface area contributed by atoms with Gasteiger partial charge >= 0.3 is 0 Å². The molecule has 0 aliphatic heterocycles. The van der Waals surface area contributed by atoms with Crippen LogP contribution in [0.1, 0.15) is 48.5 Å². The molecule has 0 bridgehead atoms. The molecule has 3 aromatic heterocycles. The number of aryl methyl sites for hydroxylation is 2. The summed E-state index contributed by atoms with van der Waals surface area (Å²) in [4.78, 5) is 28.9. The quantitative estimate of drug-likeness (QED) is 0.641. The average Bonchev–Trinajstić information content (AvgIpc) is 3.29. The van der Waals surface area contributed by atoms with Crippen molar-refractivity contribution in [2.45, 2.75) is 52.1 Å². The van der Waals surface area contributed by atoms with Gasteiger partial charge in [0.25, 0.3) is 5.56 Å². The standard InChI is InChI=1S/C19H25N7O/c1-11-8-12(2)23-18(27)14(11)9-21-16-15-17(25-19(20-3)24-16)26(10-22-15)13-6-4-5-7-13/h8,10,13H,4-7,9H2,1-3H3,(H,23,27)(H2,20,21,24,25). The molecular weight excluding hydrogens is 342 g/mol. The summed E-state index contributed by atoms with van der Waals surface area (Å²) in [7, 11) is 1.80. The zero-order chi connectivity index (χ0) is 19.0. The molecule has 8 nitrogen and oxygen atoms in total. The number of aromatic amines is 1. The highest BCUT2D eigenvalue weighted by atomic mass is 16.1. The number of anilines is 2. The Labute approximate surface area is 157 Å². The Hall–Kier alpha value is -2.90. The van der Waals surface area contributed by atoms with Crippen molar-refractivity contribution >= 4 is 22.9 Å². The molecule has 27 heavy (non-hydrogen) atoms. The van der Waals surface area contributed by atoms with Gasteiger partial charge in [0.15, 0.2) is 17.0 Å². The molecule has 0 amide bonds. The fourth-order valence-electron chi connectivity index (χ4n) is 3.87. The van der Waals surface area contributed by atoms with Crippen molar-refractivity contribution in [3.8, 4) is 0 Å². The van der Waals surface area contributed by atoms with Gasteiger partial charge in [-0.3, -0.25) is 4.79 Å². The maximum atomic E-state index is 12.3. The van der Waals surface area contributed by atoms with E-state index in [2.05, 4.69) is 35.1 Å². The molecule has 0 atom stereocenters. The lowest BCUT2D eigenvalue weighted by Gasteiger charge is -2.13. The Morgan fingerprint density at radius 1 is 1.26 bits per heavy atom. The highest BCUT2D eigenvalue weighted by Gasteiger charge is 2.21. The van der Waals surface area contributed by atoms with Crippen LogP contribution in [-0.4, -0.2) is 31.6 Å². The smallest absolute Gasteiger partial charge is 0.253 e. The fourth-order valence-corrected chi connectivity index (χ4v) is 3.87. The number of fused-ring (bicyclic) bond motifs is 1. The van der Waals surface area contributed by atoms with Gasteiger partial charge in [-0.2, -0.15) is 9.97 Å². The molecule has 0 aromatic carbocycles. The molecule has 3 N–H and O–H groups in total. The van der Waals surface area contributed by atoms with Gasteiger partial charge in [-0.1, -0.05) is 12.8 Å². The van der Waals surface area contributed by atoms with Crippen molar-refractivity contribution in [2.75, 3.05) is 17.7 Å². The summed E-state index contributed by atoms with van der Waals surface area (Å²) in [5, 5.41) is 6.32. The van der Waals surface area contributed by atoms with E-state index in [-0.39, 0.29) is 5.56 Å².